The van der Waals surface area contributed by atoms with Crippen LogP contribution in [0.5, 0.6) is 0 Å². The molecule has 9 nitrogen and oxygen atoms in total. The molecular formula is C30H41N3O6. The average molecular weight is 540 g/mol. The van der Waals surface area contributed by atoms with Gasteiger partial charge in [0.25, 0.3) is 5.91 Å². The summed E-state index contributed by atoms with van der Waals surface area (Å²) in [6, 6.07) is 9.48. The number of carbonyl (C=O) groups excluding carboxylic acids is 4. The van der Waals surface area contributed by atoms with E-state index in [2.05, 4.69) is 15.8 Å². The molecule has 2 amide bonds. The molecule has 1 fully saturated rings. The number of Topliss-reactive ketones (excluding diaryl/α,β-unsaturated/α-hetero) is 2. The van der Waals surface area contributed by atoms with Gasteiger partial charge in [0.15, 0.2) is 17.3 Å². The molecule has 1 saturated carbocycles. The highest BCUT2D eigenvalue weighted by molar-refractivity contribution is 5.98. The fourth-order valence-corrected chi connectivity index (χ4v) is 4.64. The van der Waals surface area contributed by atoms with Gasteiger partial charge in [-0.1, -0.05) is 56.3 Å². The van der Waals surface area contributed by atoms with Crippen LogP contribution < -0.4 is 10.6 Å². The fourth-order valence-electron chi connectivity index (χ4n) is 4.64. The summed E-state index contributed by atoms with van der Waals surface area (Å²) < 4.78 is 10.1. The van der Waals surface area contributed by atoms with Crippen molar-refractivity contribution in [2.45, 2.75) is 78.3 Å². The number of nitrogens with one attached hydrogen (secondary N) is 2. The molecule has 0 radical (unpaired) electrons. The van der Waals surface area contributed by atoms with Crippen LogP contribution in [0, 0.1) is 24.2 Å². The molecule has 1 aliphatic rings. The quantitative estimate of drug-likeness (QED) is 0.332. The third-order valence-electron chi connectivity index (χ3n) is 7.24. The van der Waals surface area contributed by atoms with Crippen molar-refractivity contribution < 1.29 is 28.4 Å². The molecule has 9 heteroatoms. The lowest BCUT2D eigenvalue weighted by atomic mass is 9.88. The van der Waals surface area contributed by atoms with Gasteiger partial charge in [0, 0.05) is 37.5 Å². The first-order chi connectivity index (χ1) is 18.5. The Hall–Kier alpha value is -3.33. The molecule has 2 aromatic rings. The number of methoxy groups -OCH3 is 1. The van der Waals surface area contributed by atoms with Crippen LogP contribution in [0.3, 0.4) is 0 Å². The van der Waals surface area contributed by atoms with Crippen LogP contribution in [0.1, 0.15) is 74.7 Å². The average Bonchev–Trinajstić information content (AvgIpc) is 3.50. The van der Waals surface area contributed by atoms with Crippen LogP contribution in [-0.4, -0.2) is 54.3 Å². The second-order valence-corrected chi connectivity index (χ2v) is 11.3. The lowest BCUT2D eigenvalue weighted by molar-refractivity contribution is -0.134. The molecule has 39 heavy (non-hydrogen) atoms. The Bertz CT molecular complexity index is 1140. The molecule has 0 aliphatic heterocycles. The lowest BCUT2D eigenvalue weighted by Crippen LogP contribution is -2.48. The second kappa shape index (κ2) is 13.6. The molecule has 0 unspecified atom stereocenters. The van der Waals surface area contributed by atoms with E-state index < -0.39 is 23.9 Å². The van der Waals surface area contributed by atoms with E-state index in [4.69, 9.17) is 9.26 Å². The highest BCUT2D eigenvalue weighted by Crippen LogP contribution is 2.47. The fraction of sp³-hybridized carbons (Fsp3) is 0.567. The van der Waals surface area contributed by atoms with Gasteiger partial charge in [0.1, 0.15) is 5.76 Å². The highest BCUT2D eigenvalue weighted by atomic mass is 16.5. The zero-order valence-corrected chi connectivity index (χ0v) is 23.6. The summed E-state index contributed by atoms with van der Waals surface area (Å²) in [5.41, 5.74) is 0.596. The summed E-state index contributed by atoms with van der Waals surface area (Å²) in [6.07, 6.45) is 2.65. The summed E-state index contributed by atoms with van der Waals surface area (Å²) in [5.74, 6) is -1.13. The van der Waals surface area contributed by atoms with E-state index in [9.17, 15) is 19.2 Å². The number of ether oxygens (including phenoxy) is 1. The molecule has 1 aliphatic carbocycles. The van der Waals surface area contributed by atoms with Crippen molar-refractivity contribution in [1.29, 1.82) is 0 Å². The first kappa shape index (κ1) is 30.2. The zero-order valence-electron chi connectivity index (χ0n) is 23.6. The smallest absolute Gasteiger partial charge is 0.274 e. The number of ketones is 2. The molecule has 0 bridgehead atoms. The van der Waals surface area contributed by atoms with Crippen LogP contribution in [0.2, 0.25) is 0 Å². The van der Waals surface area contributed by atoms with Crippen molar-refractivity contribution in [3.8, 4) is 0 Å². The Balaban J connectivity index is 1.79. The first-order valence-corrected chi connectivity index (χ1v) is 13.7. The first-order valence-electron chi connectivity index (χ1n) is 13.7. The summed E-state index contributed by atoms with van der Waals surface area (Å²) in [5, 5.41) is 9.45. The summed E-state index contributed by atoms with van der Waals surface area (Å²) in [6.45, 7) is 7.90. The minimum atomic E-state index is -0.876. The predicted molar refractivity (Wildman–Crippen MR) is 146 cm³/mol. The second-order valence-electron chi connectivity index (χ2n) is 11.3. The maximum absolute atomic E-state index is 13.7. The molecule has 1 aromatic heterocycles. The van der Waals surface area contributed by atoms with E-state index in [1.54, 1.807) is 6.92 Å². The van der Waals surface area contributed by atoms with E-state index >= 15 is 0 Å². The number of rotatable bonds is 16. The van der Waals surface area contributed by atoms with Crippen LogP contribution in [0.15, 0.2) is 40.9 Å². The number of hydrogen-bond donors (Lipinski definition) is 2. The molecule has 3 atom stereocenters. The summed E-state index contributed by atoms with van der Waals surface area (Å²) in [7, 11) is 1.52. The zero-order chi connectivity index (χ0) is 28.6. The molecular weight excluding hydrogens is 498 g/mol. The van der Waals surface area contributed by atoms with Gasteiger partial charge < -0.3 is 19.9 Å². The normalized spacial score (nSPS) is 16.3. The third-order valence-corrected chi connectivity index (χ3v) is 7.24. The number of carbonyl (C=O) groups is 4. The molecule has 2 N–H and O–H groups in total. The van der Waals surface area contributed by atoms with E-state index in [0.29, 0.717) is 18.6 Å². The molecule has 212 valence electrons. The number of benzene rings is 1. The molecule has 3 rings (SSSR count). The lowest BCUT2D eigenvalue weighted by Gasteiger charge is -2.26. The van der Waals surface area contributed by atoms with Gasteiger partial charge in [0.05, 0.1) is 12.1 Å². The van der Waals surface area contributed by atoms with Gasteiger partial charge in [-0.3, -0.25) is 19.2 Å². The van der Waals surface area contributed by atoms with Gasteiger partial charge >= 0.3 is 0 Å². The van der Waals surface area contributed by atoms with Crippen molar-refractivity contribution in [1.82, 2.24) is 15.8 Å². The minimum absolute atomic E-state index is 0.0578. The standard InChI is InChI=1S/C30H41N3O6/c1-19(2)15-24(27(35)30(4)12-13-30)32-28(36)22(17-21-9-7-6-8-10-21)18-26(34)23(11-14-38-5)31-29(37)25-16-20(3)39-33-25/h6-10,16,19,22-24H,11-15,17-18H2,1-5H3,(H,31,37)(H,32,36)/t22-,23+,24+/m1/s1. The van der Waals surface area contributed by atoms with Crippen molar-refractivity contribution in [2.24, 2.45) is 17.3 Å². The van der Waals surface area contributed by atoms with Crippen LogP contribution in [0.25, 0.3) is 0 Å². The van der Waals surface area contributed by atoms with Gasteiger partial charge in [0.2, 0.25) is 5.91 Å². The predicted octanol–water partition coefficient (Wildman–Crippen LogP) is 3.84. The largest absolute Gasteiger partial charge is 0.385 e. The van der Waals surface area contributed by atoms with Crippen LogP contribution in [-0.2, 0) is 25.5 Å². The molecule has 0 spiro atoms. The van der Waals surface area contributed by atoms with Crippen molar-refractivity contribution in [3.63, 3.8) is 0 Å². The molecule has 1 heterocycles. The van der Waals surface area contributed by atoms with E-state index in [-0.39, 0.29) is 53.9 Å². The Labute approximate surface area is 230 Å². The van der Waals surface area contributed by atoms with Gasteiger partial charge in [-0.25, -0.2) is 0 Å². The highest BCUT2D eigenvalue weighted by Gasteiger charge is 2.48. The minimum Gasteiger partial charge on any atom is -0.385 e. The number of aryl methyl sites for hydroxylation is 1. The maximum atomic E-state index is 13.7. The van der Waals surface area contributed by atoms with E-state index in [1.165, 1.54) is 13.2 Å². The topological polar surface area (TPSA) is 128 Å². The SMILES string of the molecule is COCC[C@H](NC(=O)c1cc(C)on1)C(=O)C[C@@H](Cc1ccccc1)C(=O)N[C@@H](CC(C)C)C(=O)C1(C)CC1. The van der Waals surface area contributed by atoms with Crippen LogP contribution >= 0.6 is 0 Å². The Morgan fingerprint density at radius 3 is 2.33 bits per heavy atom. The van der Waals surface area contributed by atoms with E-state index in [1.807, 2.05) is 51.1 Å². The van der Waals surface area contributed by atoms with Crippen molar-refractivity contribution >= 4 is 23.4 Å². The molecule has 0 saturated heterocycles. The third kappa shape index (κ3) is 8.85. The van der Waals surface area contributed by atoms with Crippen LogP contribution in [0.4, 0.5) is 0 Å². The van der Waals surface area contributed by atoms with Crippen molar-refractivity contribution in [2.75, 3.05) is 13.7 Å². The molecule has 1 aromatic carbocycles. The summed E-state index contributed by atoms with van der Waals surface area (Å²) >= 11 is 0. The Kier molecular flexibility index (Phi) is 10.6. The summed E-state index contributed by atoms with van der Waals surface area (Å²) in [4.78, 5) is 53.1. The Morgan fingerprint density at radius 2 is 1.77 bits per heavy atom. The monoisotopic (exact) mass is 539 g/mol. The number of amides is 2. The Morgan fingerprint density at radius 1 is 1.08 bits per heavy atom. The van der Waals surface area contributed by atoms with E-state index in [0.717, 1.165) is 18.4 Å². The number of hydrogen-bond acceptors (Lipinski definition) is 7. The van der Waals surface area contributed by atoms with Crippen molar-refractivity contribution in [3.05, 3.63) is 53.4 Å². The number of aromatic nitrogens is 1. The number of nitrogens with zero attached hydrogens (tertiary/aromatic N) is 1. The van der Waals surface area contributed by atoms with Gasteiger partial charge in [-0.2, -0.15) is 0 Å². The maximum Gasteiger partial charge on any atom is 0.274 e. The van der Waals surface area contributed by atoms with Gasteiger partial charge in [-0.15, -0.1) is 0 Å². The van der Waals surface area contributed by atoms with Gasteiger partial charge in [-0.05, 0) is 50.5 Å².